The number of nitrogens with zero attached hydrogens (tertiary/aromatic N) is 4. The van der Waals surface area contributed by atoms with Gasteiger partial charge in [0.1, 0.15) is 0 Å². The second-order valence-corrected chi connectivity index (χ2v) is 7.70. The molecular weight excluding hydrogens is 310 g/mol. The van der Waals surface area contributed by atoms with Gasteiger partial charge in [0.05, 0.1) is 17.7 Å². The van der Waals surface area contributed by atoms with E-state index in [0.29, 0.717) is 0 Å². The lowest BCUT2D eigenvalue weighted by Gasteiger charge is -2.17. The van der Waals surface area contributed by atoms with Crippen molar-refractivity contribution >= 4 is 0 Å². The van der Waals surface area contributed by atoms with Crippen LogP contribution in [0, 0.1) is 0 Å². The minimum atomic E-state index is 0.0711. The summed E-state index contributed by atoms with van der Waals surface area (Å²) < 4.78 is 2.21. The molecule has 132 valence electrons. The van der Waals surface area contributed by atoms with E-state index in [1.807, 2.05) is 18.6 Å². The van der Waals surface area contributed by atoms with Crippen molar-refractivity contribution in [3.8, 4) is 0 Å². The van der Waals surface area contributed by atoms with E-state index in [9.17, 15) is 0 Å². The van der Waals surface area contributed by atoms with Gasteiger partial charge in [0.25, 0.3) is 0 Å². The number of aromatic amines is 1. The molecule has 0 aliphatic heterocycles. The van der Waals surface area contributed by atoms with Crippen LogP contribution >= 0.6 is 0 Å². The van der Waals surface area contributed by atoms with Crippen molar-refractivity contribution in [3.63, 3.8) is 0 Å². The van der Waals surface area contributed by atoms with Crippen LogP contribution in [0.1, 0.15) is 43.4 Å². The van der Waals surface area contributed by atoms with E-state index in [2.05, 4.69) is 82.8 Å². The van der Waals surface area contributed by atoms with Crippen LogP contribution in [-0.2, 0) is 25.0 Å². The first-order chi connectivity index (χ1) is 11.9. The molecule has 3 rings (SSSR count). The molecule has 0 fully saturated rings. The Labute approximate surface area is 149 Å². The molecule has 0 spiro atoms. The van der Waals surface area contributed by atoms with Crippen molar-refractivity contribution < 1.29 is 0 Å². The molecule has 0 saturated carbocycles. The summed E-state index contributed by atoms with van der Waals surface area (Å²) in [6.45, 7) is 9.06. The van der Waals surface area contributed by atoms with Gasteiger partial charge in [-0.05, 0) is 18.7 Å². The number of imidazole rings is 1. The largest absolute Gasteiger partial charge is 0.329 e. The molecule has 5 nitrogen and oxygen atoms in total. The highest BCUT2D eigenvalue weighted by Crippen LogP contribution is 2.20. The second kappa shape index (κ2) is 7.23. The Balaban J connectivity index is 1.63. The maximum Gasteiger partial charge on any atom is 0.0951 e. The molecule has 0 saturated heterocycles. The Hall–Kier alpha value is -2.40. The normalized spacial score (nSPS) is 12.0. The molecule has 3 aromatic rings. The first kappa shape index (κ1) is 17.4. The molecule has 1 aromatic carbocycles. The van der Waals surface area contributed by atoms with Gasteiger partial charge in [-0.25, -0.2) is 4.98 Å². The molecule has 0 unspecified atom stereocenters. The maximum absolute atomic E-state index is 4.44. The first-order valence-electron chi connectivity index (χ1n) is 8.68. The smallest absolute Gasteiger partial charge is 0.0951 e. The fourth-order valence-electron chi connectivity index (χ4n) is 2.85. The molecular formula is C20H27N5. The van der Waals surface area contributed by atoms with Crippen molar-refractivity contribution in [2.24, 2.45) is 0 Å². The van der Waals surface area contributed by atoms with E-state index in [1.54, 1.807) is 0 Å². The van der Waals surface area contributed by atoms with E-state index in [-0.39, 0.29) is 5.41 Å². The van der Waals surface area contributed by atoms with E-state index in [0.717, 1.165) is 31.0 Å². The molecule has 0 aliphatic carbocycles. The fraction of sp³-hybridized carbons (Fsp3) is 0.400. The van der Waals surface area contributed by atoms with Crippen LogP contribution in [0.2, 0.25) is 0 Å². The molecule has 5 heteroatoms. The van der Waals surface area contributed by atoms with Gasteiger partial charge in [0.2, 0.25) is 0 Å². The van der Waals surface area contributed by atoms with Crippen LogP contribution in [0.4, 0.5) is 0 Å². The molecule has 0 bridgehead atoms. The number of benzene rings is 1. The van der Waals surface area contributed by atoms with E-state index in [1.165, 1.54) is 11.3 Å². The maximum atomic E-state index is 4.44. The average molecular weight is 337 g/mol. The minimum absolute atomic E-state index is 0.0711. The lowest BCUT2D eigenvalue weighted by Crippen LogP contribution is -2.19. The number of H-pyrrole nitrogens is 1. The predicted octanol–water partition coefficient (Wildman–Crippen LogP) is 3.58. The van der Waals surface area contributed by atoms with Crippen molar-refractivity contribution in [3.05, 3.63) is 71.6 Å². The number of aromatic nitrogens is 4. The van der Waals surface area contributed by atoms with Gasteiger partial charge in [-0.1, -0.05) is 51.1 Å². The Morgan fingerprint density at radius 2 is 1.88 bits per heavy atom. The van der Waals surface area contributed by atoms with Crippen LogP contribution in [0.5, 0.6) is 0 Å². The van der Waals surface area contributed by atoms with Gasteiger partial charge in [-0.15, -0.1) is 0 Å². The van der Waals surface area contributed by atoms with Gasteiger partial charge >= 0.3 is 0 Å². The highest BCUT2D eigenvalue weighted by atomic mass is 15.2. The summed E-state index contributed by atoms with van der Waals surface area (Å²) in [5.74, 6) is 0. The van der Waals surface area contributed by atoms with Crippen molar-refractivity contribution in [1.29, 1.82) is 0 Å². The monoisotopic (exact) mass is 337 g/mol. The van der Waals surface area contributed by atoms with Crippen LogP contribution in [0.15, 0.2) is 48.9 Å². The standard InChI is InChI=1S/C20H27N5/c1-20(2,3)19-10-17(22-23-19)13-24(4)14-18-11-21-15-25(18)12-16-8-6-5-7-9-16/h5-11,15H,12-14H2,1-4H3,(H,22,23). The summed E-state index contributed by atoms with van der Waals surface area (Å²) in [6.07, 6.45) is 3.86. The lowest BCUT2D eigenvalue weighted by molar-refractivity contribution is 0.306. The number of nitrogens with one attached hydrogen (secondary N) is 1. The highest BCUT2D eigenvalue weighted by Gasteiger charge is 2.18. The Bertz CT molecular complexity index is 795. The zero-order chi connectivity index (χ0) is 17.9. The van der Waals surface area contributed by atoms with E-state index in [4.69, 9.17) is 0 Å². The van der Waals surface area contributed by atoms with Crippen LogP contribution in [-0.4, -0.2) is 31.7 Å². The number of rotatable bonds is 6. The van der Waals surface area contributed by atoms with Gasteiger partial charge < -0.3 is 4.57 Å². The van der Waals surface area contributed by atoms with E-state index < -0.39 is 0 Å². The summed E-state index contributed by atoms with van der Waals surface area (Å²) in [6, 6.07) is 12.6. The zero-order valence-electron chi connectivity index (χ0n) is 15.5. The summed E-state index contributed by atoms with van der Waals surface area (Å²) in [7, 11) is 2.12. The van der Waals surface area contributed by atoms with Crippen LogP contribution in [0.25, 0.3) is 0 Å². The van der Waals surface area contributed by atoms with Gasteiger partial charge in [-0.2, -0.15) is 5.10 Å². The lowest BCUT2D eigenvalue weighted by atomic mass is 9.92. The molecule has 0 radical (unpaired) electrons. The molecule has 25 heavy (non-hydrogen) atoms. The minimum Gasteiger partial charge on any atom is -0.329 e. The number of hydrogen-bond donors (Lipinski definition) is 1. The van der Waals surface area contributed by atoms with Crippen molar-refractivity contribution in [1.82, 2.24) is 24.6 Å². The van der Waals surface area contributed by atoms with Gasteiger partial charge in [-0.3, -0.25) is 10.00 Å². The quantitative estimate of drug-likeness (QED) is 0.748. The second-order valence-electron chi connectivity index (χ2n) is 7.70. The SMILES string of the molecule is CN(Cc1cc(C(C)(C)C)n[nH]1)Cc1cncn1Cc1ccccc1. The molecule has 0 aliphatic rings. The topological polar surface area (TPSA) is 49.7 Å². The predicted molar refractivity (Wildman–Crippen MR) is 100 cm³/mol. The molecule has 0 atom stereocenters. The molecule has 2 aromatic heterocycles. The fourth-order valence-corrected chi connectivity index (χ4v) is 2.85. The Morgan fingerprint density at radius 3 is 2.56 bits per heavy atom. The average Bonchev–Trinajstić information content (AvgIpc) is 3.18. The highest BCUT2D eigenvalue weighted by molar-refractivity contribution is 5.17. The van der Waals surface area contributed by atoms with Gasteiger partial charge in [0.15, 0.2) is 0 Å². The van der Waals surface area contributed by atoms with E-state index >= 15 is 0 Å². The molecule has 1 N–H and O–H groups in total. The third kappa shape index (κ3) is 4.57. The third-order valence-electron chi connectivity index (χ3n) is 4.27. The Morgan fingerprint density at radius 1 is 1.12 bits per heavy atom. The Kier molecular flexibility index (Phi) is 5.04. The van der Waals surface area contributed by atoms with Gasteiger partial charge in [0, 0.05) is 36.9 Å². The zero-order valence-corrected chi connectivity index (χ0v) is 15.5. The molecule has 2 heterocycles. The summed E-state index contributed by atoms with van der Waals surface area (Å²) in [5, 5.41) is 7.60. The molecule has 0 amide bonds. The van der Waals surface area contributed by atoms with Crippen LogP contribution in [0.3, 0.4) is 0 Å². The van der Waals surface area contributed by atoms with Crippen molar-refractivity contribution in [2.75, 3.05) is 7.05 Å². The summed E-state index contributed by atoms with van der Waals surface area (Å²) >= 11 is 0. The third-order valence-corrected chi connectivity index (χ3v) is 4.27. The van der Waals surface area contributed by atoms with Crippen LogP contribution < -0.4 is 0 Å². The van der Waals surface area contributed by atoms with Crippen molar-refractivity contribution in [2.45, 2.75) is 45.8 Å². The summed E-state index contributed by atoms with van der Waals surface area (Å²) in [5.41, 5.74) is 4.81. The summed E-state index contributed by atoms with van der Waals surface area (Å²) in [4.78, 5) is 6.61. The number of hydrogen-bond acceptors (Lipinski definition) is 3. The first-order valence-corrected chi connectivity index (χ1v) is 8.68.